The number of carbonyl (C=O) groups is 1. The van der Waals surface area contributed by atoms with E-state index in [1.54, 1.807) is 4.90 Å². The summed E-state index contributed by atoms with van der Waals surface area (Å²) in [6.07, 6.45) is 0. The van der Waals surface area contributed by atoms with Crippen molar-refractivity contribution in [2.45, 2.75) is 25.9 Å². The van der Waals surface area contributed by atoms with Gasteiger partial charge in [0.25, 0.3) is 5.91 Å². The maximum Gasteiger partial charge on any atom is 0.259 e. The minimum atomic E-state index is -0.463. The third-order valence-corrected chi connectivity index (χ3v) is 3.61. The van der Waals surface area contributed by atoms with Gasteiger partial charge in [-0.05, 0) is 31.5 Å². The molecule has 0 radical (unpaired) electrons. The number of carbonyl (C=O) groups excluding carboxylic acids is 1. The molecule has 0 aliphatic carbocycles. The molecule has 1 heterocycles. The molecule has 0 aromatic heterocycles. The Kier molecular flexibility index (Phi) is 3.92. The summed E-state index contributed by atoms with van der Waals surface area (Å²) < 4.78 is 0. The summed E-state index contributed by atoms with van der Waals surface area (Å²) in [6, 6.07) is 19.1. The molecular formula is C18H19N3O. The molecule has 2 aromatic carbocycles. The Bertz CT molecular complexity index is 680. The van der Waals surface area contributed by atoms with Crippen molar-refractivity contribution in [2.24, 2.45) is 4.99 Å². The second kappa shape index (κ2) is 6.02. The van der Waals surface area contributed by atoms with Crippen LogP contribution in [0.4, 0.5) is 5.69 Å². The molecule has 112 valence electrons. The van der Waals surface area contributed by atoms with Crippen molar-refractivity contribution in [2.75, 3.05) is 5.32 Å². The van der Waals surface area contributed by atoms with E-state index >= 15 is 0 Å². The number of nitrogens with one attached hydrogen (secondary N) is 1. The lowest BCUT2D eigenvalue weighted by Crippen LogP contribution is -2.42. The predicted molar refractivity (Wildman–Crippen MR) is 88.7 cm³/mol. The summed E-state index contributed by atoms with van der Waals surface area (Å²) >= 11 is 0. The summed E-state index contributed by atoms with van der Waals surface area (Å²) in [7, 11) is 0. The number of aliphatic imine (C=N–C) groups is 1. The lowest BCUT2D eigenvalue weighted by Gasteiger charge is -2.23. The maximum absolute atomic E-state index is 12.7. The molecule has 1 amide bonds. The number of anilines is 1. The molecule has 0 saturated carbocycles. The Labute approximate surface area is 130 Å². The highest BCUT2D eigenvalue weighted by Crippen LogP contribution is 2.28. The van der Waals surface area contributed by atoms with Gasteiger partial charge >= 0.3 is 0 Å². The standard InChI is InChI=1S/C18H19N3O/c1-13(2)21-17(22)16(14-9-5-3-6-10-14)20-18(21)19-15-11-7-4-8-12-15/h3-13,16H,1-2H3,(H,19,20). The topological polar surface area (TPSA) is 44.7 Å². The van der Waals surface area contributed by atoms with Crippen LogP contribution in [0.15, 0.2) is 65.7 Å². The van der Waals surface area contributed by atoms with Gasteiger partial charge in [0.05, 0.1) is 0 Å². The van der Waals surface area contributed by atoms with Crippen LogP contribution in [0.5, 0.6) is 0 Å². The molecule has 0 fully saturated rings. The minimum Gasteiger partial charge on any atom is -0.326 e. The largest absolute Gasteiger partial charge is 0.326 e. The number of rotatable bonds is 3. The second-order valence-corrected chi connectivity index (χ2v) is 5.56. The van der Waals surface area contributed by atoms with Crippen molar-refractivity contribution in [3.05, 3.63) is 66.2 Å². The van der Waals surface area contributed by atoms with Crippen LogP contribution in [0.3, 0.4) is 0 Å². The smallest absolute Gasteiger partial charge is 0.259 e. The van der Waals surface area contributed by atoms with Gasteiger partial charge in [-0.1, -0.05) is 48.5 Å². The normalized spacial score (nSPS) is 17.8. The number of amides is 1. The van der Waals surface area contributed by atoms with Gasteiger partial charge in [0.2, 0.25) is 5.96 Å². The van der Waals surface area contributed by atoms with Gasteiger partial charge < -0.3 is 5.32 Å². The summed E-state index contributed by atoms with van der Waals surface area (Å²) in [5, 5.41) is 3.26. The molecule has 1 unspecified atom stereocenters. The molecule has 4 nitrogen and oxygen atoms in total. The fourth-order valence-electron chi connectivity index (χ4n) is 2.57. The van der Waals surface area contributed by atoms with Crippen molar-refractivity contribution in [1.82, 2.24) is 4.90 Å². The first-order valence-electron chi connectivity index (χ1n) is 7.44. The molecule has 1 atom stereocenters. The van der Waals surface area contributed by atoms with Crippen molar-refractivity contribution in [3.63, 3.8) is 0 Å². The molecule has 3 rings (SSSR count). The van der Waals surface area contributed by atoms with E-state index in [0.29, 0.717) is 5.96 Å². The van der Waals surface area contributed by atoms with E-state index in [1.165, 1.54) is 0 Å². The van der Waals surface area contributed by atoms with Crippen LogP contribution in [0.25, 0.3) is 0 Å². The lowest BCUT2D eigenvalue weighted by atomic mass is 10.1. The van der Waals surface area contributed by atoms with Crippen LogP contribution < -0.4 is 5.32 Å². The van der Waals surface area contributed by atoms with Crippen molar-refractivity contribution < 1.29 is 4.79 Å². The molecule has 0 bridgehead atoms. The first-order valence-corrected chi connectivity index (χ1v) is 7.44. The Morgan fingerprint density at radius 1 is 1.00 bits per heavy atom. The van der Waals surface area contributed by atoms with E-state index in [4.69, 9.17) is 0 Å². The highest BCUT2D eigenvalue weighted by molar-refractivity contribution is 6.10. The molecule has 4 heteroatoms. The zero-order chi connectivity index (χ0) is 15.5. The first-order chi connectivity index (χ1) is 10.7. The Morgan fingerprint density at radius 3 is 2.18 bits per heavy atom. The molecule has 2 aromatic rings. The number of benzene rings is 2. The number of hydrogen-bond acceptors (Lipinski definition) is 3. The van der Waals surface area contributed by atoms with Gasteiger partial charge in [0.15, 0.2) is 6.04 Å². The summed E-state index contributed by atoms with van der Waals surface area (Å²) in [5.74, 6) is 0.625. The second-order valence-electron chi connectivity index (χ2n) is 5.56. The van der Waals surface area contributed by atoms with Gasteiger partial charge in [-0.15, -0.1) is 0 Å². The highest BCUT2D eigenvalue weighted by atomic mass is 16.2. The average molecular weight is 293 g/mol. The van der Waals surface area contributed by atoms with Gasteiger partial charge in [0, 0.05) is 11.7 Å². The van der Waals surface area contributed by atoms with Crippen LogP contribution in [-0.2, 0) is 4.79 Å². The predicted octanol–water partition coefficient (Wildman–Crippen LogP) is 3.45. The van der Waals surface area contributed by atoms with E-state index in [9.17, 15) is 4.79 Å². The van der Waals surface area contributed by atoms with E-state index < -0.39 is 6.04 Å². The maximum atomic E-state index is 12.7. The molecule has 22 heavy (non-hydrogen) atoms. The first kappa shape index (κ1) is 14.3. The van der Waals surface area contributed by atoms with Crippen LogP contribution in [0.1, 0.15) is 25.5 Å². The quantitative estimate of drug-likeness (QED) is 0.942. The van der Waals surface area contributed by atoms with Crippen LogP contribution >= 0.6 is 0 Å². The molecule has 1 aliphatic heterocycles. The van der Waals surface area contributed by atoms with Gasteiger partial charge in [0.1, 0.15) is 0 Å². The molecule has 1 aliphatic rings. The van der Waals surface area contributed by atoms with Crippen molar-refractivity contribution in [1.29, 1.82) is 0 Å². The van der Waals surface area contributed by atoms with E-state index in [1.807, 2.05) is 74.5 Å². The van der Waals surface area contributed by atoms with E-state index in [2.05, 4.69) is 10.3 Å². The number of para-hydroxylation sites is 1. The SMILES string of the molecule is CC(C)N1C(=O)C(c2ccccc2)N=C1Nc1ccccc1. The number of nitrogens with zero attached hydrogens (tertiary/aromatic N) is 2. The Morgan fingerprint density at radius 2 is 1.59 bits per heavy atom. The van der Waals surface area contributed by atoms with Crippen molar-refractivity contribution in [3.8, 4) is 0 Å². The fraction of sp³-hybridized carbons (Fsp3) is 0.222. The lowest BCUT2D eigenvalue weighted by molar-refractivity contribution is -0.128. The minimum absolute atomic E-state index is 0.0135. The summed E-state index contributed by atoms with van der Waals surface area (Å²) in [4.78, 5) is 19.1. The number of hydrogen-bond donors (Lipinski definition) is 1. The van der Waals surface area contributed by atoms with Crippen molar-refractivity contribution >= 4 is 17.6 Å². The van der Waals surface area contributed by atoms with Gasteiger partial charge in [-0.2, -0.15) is 0 Å². The van der Waals surface area contributed by atoms with E-state index in [-0.39, 0.29) is 11.9 Å². The Balaban J connectivity index is 1.93. The Hall–Kier alpha value is -2.62. The van der Waals surface area contributed by atoms with E-state index in [0.717, 1.165) is 11.3 Å². The average Bonchev–Trinajstić information content (AvgIpc) is 2.85. The molecule has 0 saturated heterocycles. The summed E-state index contributed by atoms with van der Waals surface area (Å²) in [6.45, 7) is 3.99. The molecule has 1 N–H and O–H groups in total. The highest BCUT2D eigenvalue weighted by Gasteiger charge is 2.37. The van der Waals surface area contributed by atoms with Crippen LogP contribution in [0, 0.1) is 0 Å². The summed E-state index contributed by atoms with van der Waals surface area (Å²) in [5.41, 5.74) is 1.84. The zero-order valence-corrected chi connectivity index (χ0v) is 12.7. The third-order valence-electron chi connectivity index (χ3n) is 3.61. The monoisotopic (exact) mass is 293 g/mol. The number of guanidine groups is 1. The zero-order valence-electron chi connectivity index (χ0n) is 12.7. The molecular weight excluding hydrogens is 274 g/mol. The fourth-order valence-corrected chi connectivity index (χ4v) is 2.57. The molecule has 0 spiro atoms. The third kappa shape index (κ3) is 2.72. The van der Waals surface area contributed by atoms with Gasteiger partial charge in [-0.3, -0.25) is 9.69 Å². The van der Waals surface area contributed by atoms with Crippen LogP contribution in [0.2, 0.25) is 0 Å². The van der Waals surface area contributed by atoms with Gasteiger partial charge in [-0.25, -0.2) is 4.99 Å². The van der Waals surface area contributed by atoms with Crippen LogP contribution in [-0.4, -0.2) is 22.8 Å².